The molecule has 0 aromatic heterocycles. The predicted molar refractivity (Wildman–Crippen MR) is 94.4 cm³/mol. The number of nitrogens with zero attached hydrogens (tertiary/aromatic N) is 1. The zero-order valence-electron chi connectivity index (χ0n) is 14.4. The Labute approximate surface area is 143 Å². The van der Waals surface area contributed by atoms with Crippen molar-refractivity contribution in [3.8, 4) is 0 Å². The molecule has 1 aliphatic heterocycles. The second kappa shape index (κ2) is 8.08. The van der Waals surface area contributed by atoms with Gasteiger partial charge in [-0.05, 0) is 57.2 Å². The van der Waals surface area contributed by atoms with E-state index in [1.165, 1.54) is 44.7 Å². The fourth-order valence-electron chi connectivity index (χ4n) is 3.71. The number of rotatable bonds is 6. The van der Waals surface area contributed by atoms with Crippen molar-refractivity contribution in [2.24, 2.45) is 5.92 Å². The van der Waals surface area contributed by atoms with Gasteiger partial charge in [-0.15, -0.1) is 0 Å². The second-order valence-corrected chi connectivity index (χ2v) is 7.18. The number of amides is 1. The van der Waals surface area contributed by atoms with Crippen LogP contribution in [0.15, 0.2) is 24.3 Å². The summed E-state index contributed by atoms with van der Waals surface area (Å²) >= 11 is 0. The van der Waals surface area contributed by atoms with Gasteiger partial charge in [-0.25, -0.2) is 4.39 Å². The number of carbonyl (C=O) groups excluding carboxylic acids is 1. The number of likely N-dealkylation sites (tertiary alicyclic amines) is 1. The zero-order chi connectivity index (χ0) is 16.9. The third-order valence-corrected chi connectivity index (χ3v) is 5.52. The van der Waals surface area contributed by atoms with Gasteiger partial charge in [-0.3, -0.25) is 4.79 Å². The first-order chi connectivity index (χ1) is 11.6. The van der Waals surface area contributed by atoms with Crippen molar-refractivity contribution < 1.29 is 9.18 Å². The summed E-state index contributed by atoms with van der Waals surface area (Å²) in [5.41, 5.74) is 0.241. The van der Waals surface area contributed by atoms with Gasteiger partial charge >= 0.3 is 0 Å². The molecular weight excluding hydrogens is 305 g/mol. The van der Waals surface area contributed by atoms with Gasteiger partial charge < -0.3 is 15.5 Å². The van der Waals surface area contributed by atoms with Crippen molar-refractivity contribution in [3.63, 3.8) is 0 Å². The van der Waals surface area contributed by atoms with Crippen LogP contribution in [0.2, 0.25) is 0 Å². The van der Waals surface area contributed by atoms with Crippen LogP contribution in [-0.2, 0) is 4.79 Å². The zero-order valence-corrected chi connectivity index (χ0v) is 14.4. The molecule has 1 aliphatic carbocycles. The molecule has 1 aromatic rings. The second-order valence-electron chi connectivity index (χ2n) is 7.18. The number of anilines is 1. The number of hydrogen-bond donors (Lipinski definition) is 2. The van der Waals surface area contributed by atoms with E-state index in [0.29, 0.717) is 12.0 Å². The van der Waals surface area contributed by atoms with Crippen LogP contribution in [0, 0.1) is 11.7 Å². The van der Waals surface area contributed by atoms with E-state index in [0.717, 1.165) is 12.6 Å². The lowest BCUT2D eigenvalue weighted by atomic mass is 9.85. The predicted octanol–water partition coefficient (Wildman–Crippen LogP) is 3.01. The lowest BCUT2D eigenvalue weighted by molar-refractivity contribution is -0.115. The van der Waals surface area contributed by atoms with E-state index in [4.69, 9.17) is 0 Å². The van der Waals surface area contributed by atoms with Crippen LogP contribution in [0.1, 0.15) is 39.0 Å². The maximum Gasteiger partial charge on any atom is 0.238 e. The topological polar surface area (TPSA) is 44.4 Å². The van der Waals surface area contributed by atoms with Crippen LogP contribution in [-0.4, -0.2) is 42.5 Å². The molecule has 2 aliphatic rings. The minimum Gasteiger partial charge on any atom is -0.322 e. The molecule has 0 radical (unpaired) electrons. The average molecular weight is 333 g/mol. The first-order valence-electron chi connectivity index (χ1n) is 9.15. The van der Waals surface area contributed by atoms with Gasteiger partial charge in [0.2, 0.25) is 5.91 Å². The molecule has 1 aromatic carbocycles. The lowest BCUT2D eigenvalue weighted by Crippen LogP contribution is -2.50. The Morgan fingerprint density at radius 3 is 2.79 bits per heavy atom. The fraction of sp³-hybridized carbons (Fsp3) is 0.632. The van der Waals surface area contributed by atoms with Crippen molar-refractivity contribution in [1.29, 1.82) is 0 Å². The summed E-state index contributed by atoms with van der Waals surface area (Å²) in [7, 11) is 0. The molecule has 1 amide bonds. The van der Waals surface area contributed by atoms with Gasteiger partial charge in [0.1, 0.15) is 5.82 Å². The van der Waals surface area contributed by atoms with E-state index >= 15 is 0 Å². The van der Waals surface area contributed by atoms with Crippen molar-refractivity contribution in [2.45, 2.75) is 51.1 Å². The van der Waals surface area contributed by atoms with Gasteiger partial charge in [0, 0.05) is 18.6 Å². The Morgan fingerprint density at radius 2 is 2.08 bits per heavy atom. The average Bonchev–Trinajstić information content (AvgIpc) is 2.53. The number of hydrogen-bond acceptors (Lipinski definition) is 3. The van der Waals surface area contributed by atoms with Crippen LogP contribution < -0.4 is 10.6 Å². The summed E-state index contributed by atoms with van der Waals surface area (Å²) in [6.07, 6.45) is 6.52. The highest BCUT2D eigenvalue weighted by Gasteiger charge is 2.31. The molecule has 0 unspecified atom stereocenters. The number of para-hydroxylation sites is 1. The fourth-order valence-corrected chi connectivity index (χ4v) is 3.71. The minimum absolute atomic E-state index is 0.196. The Bertz CT molecular complexity index is 561. The smallest absolute Gasteiger partial charge is 0.238 e. The molecule has 4 nitrogen and oxygen atoms in total. The number of nitrogens with one attached hydrogen (secondary N) is 2. The highest BCUT2D eigenvalue weighted by molar-refractivity contribution is 5.92. The van der Waals surface area contributed by atoms with Crippen LogP contribution >= 0.6 is 0 Å². The Kier molecular flexibility index (Phi) is 5.85. The van der Waals surface area contributed by atoms with Gasteiger partial charge in [-0.1, -0.05) is 18.6 Å². The number of piperidine rings is 1. The van der Waals surface area contributed by atoms with Crippen molar-refractivity contribution in [2.75, 3.05) is 25.0 Å². The molecule has 1 saturated heterocycles. The van der Waals surface area contributed by atoms with Crippen LogP contribution in [0.25, 0.3) is 0 Å². The maximum absolute atomic E-state index is 13.6. The lowest BCUT2D eigenvalue weighted by Gasteiger charge is -2.44. The summed E-state index contributed by atoms with van der Waals surface area (Å²) in [4.78, 5) is 14.7. The van der Waals surface area contributed by atoms with E-state index in [2.05, 4.69) is 22.5 Å². The summed E-state index contributed by atoms with van der Waals surface area (Å²) < 4.78 is 13.6. The van der Waals surface area contributed by atoms with Gasteiger partial charge in [0.05, 0.1) is 12.2 Å². The summed E-state index contributed by atoms with van der Waals surface area (Å²) in [5.74, 6) is -0.0125. The van der Waals surface area contributed by atoms with Crippen molar-refractivity contribution >= 4 is 11.6 Å². The van der Waals surface area contributed by atoms with Crippen LogP contribution in [0.5, 0.6) is 0 Å². The molecule has 3 rings (SSSR count). The molecule has 132 valence electrons. The number of carbonyl (C=O) groups is 1. The monoisotopic (exact) mass is 333 g/mol. The largest absolute Gasteiger partial charge is 0.322 e. The minimum atomic E-state index is -0.401. The summed E-state index contributed by atoms with van der Waals surface area (Å²) in [5, 5.41) is 5.95. The quantitative estimate of drug-likeness (QED) is 0.841. The summed E-state index contributed by atoms with van der Waals surface area (Å²) in [6, 6.07) is 7.34. The first kappa shape index (κ1) is 17.4. The molecule has 1 heterocycles. The highest BCUT2D eigenvalue weighted by atomic mass is 19.1. The number of benzene rings is 1. The molecule has 24 heavy (non-hydrogen) atoms. The van der Waals surface area contributed by atoms with E-state index in [1.807, 2.05) is 0 Å². The van der Waals surface area contributed by atoms with Gasteiger partial charge in [-0.2, -0.15) is 0 Å². The Balaban J connectivity index is 1.43. The normalized spacial score (nSPS) is 23.5. The Hall–Kier alpha value is -1.46. The highest BCUT2D eigenvalue weighted by Crippen LogP contribution is 2.30. The number of halogens is 1. The third-order valence-electron chi connectivity index (χ3n) is 5.52. The molecule has 1 saturated carbocycles. The van der Waals surface area contributed by atoms with Crippen molar-refractivity contribution in [3.05, 3.63) is 30.1 Å². The first-order valence-corrected chi connectivity index (χ1v) is 9.15. The SMILES string of the molecule is C[C@@H](NCC(=O)Nc1ccccc1F)[C@@H]1CCCN(C2CCC2)C1. The molecule has 2 N–H and O–H groups in total. The third kappa shape index (κ3) is 4.33. The van der Waals surface area contributed by atoms with E-state index < -0.39 is 5.82 Å². The molecule has 0 spiro atoms. The van der Waals surface area contributed by atoms with Crippen LogP contribution in [0.4, 0.5) is 10.1 Å². The molecule has 2 fully saturated rings. The maximum atomic E-state index is 13.6. The van der Waals surface area contributed by atoms with Crippen molar-refractivity contribution in [1.82, 2.24) is 10.2 Å². The molecular formula is C19H28FN3O. The standard InChI is InChI=1S/C19H28FN3O/c1-14(15-6-5-11-23(13-15)16-7-4-8-16)21-12-19(24)22-18-10-3-2-9-17(18)20/h2-3,9-10,14-16,21H,4-8,11-13H2,1H3,(H,22,24)/t14-,15-/m1/s1. The molecule has 2 atom stereocenters. The molecule has 5 heteroatoms. The Morgan fingerprint density at radius 1 is 1.29 bits per heavy atom. The summed E-state index contributed by atoms with van der Waals surface area (Å²) in [6.45, 7) is 4.73. The van der Waals surface area contributed by atoms with Gasteiger partial charge in [0.15, 0.2) is 0 Å². The van der Waals surface area contributed by atoms with E-state index in [9.17, 15) is 9.18 Å². The van der Waals surface area contributed by atoms with E-state index in [1.54, 1.807) is 18.2 Å². The van der Waals surface area contributed by atoms with Gasteiger partial charge in [0.25, 0.3) is 0 Å². The molecule has 0 bridgehead atoms. The van der Waals surface area contributed by atoms with Crippen LogP contribution in [0.3, 0.4) is 0 Å². The van der Waals surface area contributed by atoms with E-state index in [-0.39, 0.29) is 18.1 Å².